The predicted octanol–water partition coefficient (Wildman–Crippen LogP) is 1.83. The van der Waals surface area contributed by atoms with Crippen molar-refractivity contribution in [3.63, 3.8) is 0 Å². The van der Waals surface area contributed by atoms with E-state index in [2.05, 4.69) is 20.0 Å². The van der Waals surface area contributed by atoms with Crippen LogP contribution in [0.15, 0.2) is 4.42 Å². The van der Waals surface area contributed by atoms with Gasteiger partial charge in [0.2, 0.25) is 11.8 Å². The van der Waals surface area contributed by atoms with E-state index in [9.17, 15) is 0 Å². The highest BCUT2D eigenvalue weighted by Gasteiger charge is 2.25. The molecule has 2 aliphatic rings. The van der Waals surface area contributed by atoms with Gasteiger partial charge in [-0.1, -0.05) is 12.8 Å². The first kappa shape index (κ1) is 13.1. The van der Waals surface area contributed by atoms with Crippen LogP contribution in [0.1, 0.15) is 43.9 Å². The lowest BCUT2D eigenvalue weighted by atomic mass is 10.2. The van der Waals surface area contributed by atoms with Gasteiger partial charge < -0.3 is 4.42 Å². The summed E-state index contributed by atoms with van der Waals surface area (Å²) in [5.74, 6) is 1.42. The normalized spacial score (nSPS) is 23.8. The zero-order valence-corrected chi connectivity index (χ0v) is 11.8. The Hall–Kier alpha value is -0.940. The molecule has 1 aromatic rings. The Morgan fingerprint density at radius 2 is 1.89 bits per heavy atom. The van der Waals surface area contributed by atoms with Crippen LogP contribution < -0.4 is 0 Å². The molecule has 0 unspecified atom stereocenters. The van der Waals surface area contributed by atoms with Crippen LogP contribution in [-0.4, -0.2) is 52.2 Å². The van der Waals surface area contributed by atoms with Crippen LogP contribution in [0.4, 0.5) is 0 Å². The van der Waals surface area contributed by atoms with E-state index in [1.807, 2.05) is 6.92 Å². The molecule has 1 aliphatic heterocycles. The zero-order valence-electron chi connectivity index (χ0n) is 11.8. The summed E-state index contributed by atoms with van der Waals surface area (Å²) >= 11 is 0. The molecule has 0 N–H and O–H groups in total. The van der Waals surface area contributed by atoms with E-state index in [-0.39, 0.29) is 0 Å². The van der Waals surface area contributed by atoms with E-state index in [1.165, 1.54) is 45.2 Å². The number of hydrogen-bond donors (Lipinski definition) is 0. The molecule has 5 heteroatoms. The summed E-state index contributed by atoms with van der Waals surface area (Å²) in [6.45, 7) is 7.37. The molecule has 19 heavy (non-hydrogen) atoms. The van der Waals surface area contributed by atoms with E-state index < -0.39 is 0 Å². The van der Waals surface area contributed by atoms with Gasteiger partial charge in [-0.15, -0.1) is 10.2 Å². The van der Waals surface area contributed by atoms with Gasteiger partial charge in [-0.25, -0.2) is 0 Å². The Morgan fingerprint density at radius 3 is 2.63 bits per heavy atom. The maximum Gasteiger partial charge on any atom is 0.230 e. The van der Waals surface area contributed by atoms with E-state index in [1.54, 1.807) is 0 Å². The van der Waals surface area contributed by atoms with Crippen LogP contribution >= 0.6 is 0 Å². The van der Waals surface area contributed by atoms with Crippen LogP contribution in [0.3, 0.4) is 0 Å². The largest absolute Gasteiger partial charge is 0.424 e. The molecule has 1 aromatic heterocycles. The summed E-state index contributed by atoms with van der Waals surface area (Å²) in [6, 6.07) is 0.852. The number of hydrogen-bond acceptors (Lipinski definition) is 5. The van der Waals surface area contributed by atoms with Crippen LogP contribution in [0.25, 0.3) is 0 Å². The van der Waals surface area contributed by atoms with Gasteiger partial charge in [0.25, 0.3) is 0 Å². The average molecular weight is 264 g/mol. The minimum atomic E-state index is 0.664. The van der Waals surface area contributed by atoms with Gasteiger partial charge >= 0.3 is 0 Å². The maximum absolute atomic E-state index is 5.48. The third-order valence-corrected chi connectivity index (χ3v) is 4.39. The van der Waals surface area contributed by atoms with Crippen LogP contribution in [0.2, 0.25) is 0 Å². The standard InChI is InChI=1S/C14H24N4O/c1-12-15-16-14(19-12)11-17-7-4-8-18(10-9-17)13-5-2-3-6-13/h13H,2-11H2,1H3. The third kappa shape index (κ3) is 3.34. The first-order chi connectivity index (χ1) is 9.31. The Morgan fingerprint density at radius 1 is 1.05 bits per heavy atom. The summed E-state index contributed by atoms with van der Waals surface area (Å²) < 4.78 is 5.48. The molecular formula is C14H24N4O. The monoisotopic (exact) mass is 264 g/mol. The van der Waals surface area contributed by atoms with Crippen LogP contribution in [0.5, 0.6) is 0 Å². The Kier molecular flexibility index (Phi) is 4.13. The van der Waals surface area contributed by atoms with E-state index >= 15 is 0 Å². The fourth-order valence-electron chi connectivity index (χ4n) is 3.38. The SMILES string of the molecule is Cc1nnc(CN2CCCN(C3CCCC3)CC2)o1. The minimum Gasteiger partial charge on any atom is -0.424 e. The highest BCUT2D eigenvalue weighted by Crippen LogP contribution is 2.24. The van der Waals surface area contributed by atoms with Crippen molar-refractivity contribution in [3.8, 4) is 0 Å². The van der Waals surface area contributed by atoms with Crippen LogP contribution in [0, 0.1) is 6.92 Å². The van der Waals surface area contributed by atoms with Crippen molar-refractivity contribution in [3.05, 3.63) is 11.8 Å². The second-order valence-corrected chi connectivity index (χ2v) is 5.82. The number of aromatic nitrogens is 2. The molecule has 1 aliphatic carbocycles. The van der Waals surface area contributed by atoms with E-state index in [4.69, 9.17) is 4.42 Å². The molecule has 106 valence electrons. The average Bonchev–Trinajstić information content (AvgIpc) is 3.00. The first-order valence-electron chi connectivity index (χ1n) is 7.56. The summed E-state index contributed by atoms with van der Waals surface area (Å²) in [7, 11) is 0. The molecule has 1 saturated carbocycles. The van der Waals surface area contributed by atoms with Gasteiger partial charge in [0.05, 0.1) is 6.54 Å². The maximum atomic E-state index is 5.48. The smallest absolute Gasteiger partial charge is 0.230 e. The van der Waals surface area contributed by atoms with Gasteiger partial charge in [0, 0.05) is 26.1 Å². The molecular weight excluding hydrogens is 240 g/mol. The molecule has 1 saturated heterocycles. The van der Waals surface area contributed by atoms with Crippen molar-refractivity contribution < 1.29 is 4.42 Å². The van der Waals surface area contributed by atoms with Crippen LogP contribution in [-0.2, 0) is 6.54 Å². The summed E-state index contributed by atoms with van der Waals surface area (Å²) in [5, 5.41) is 7.99. The highest BCUT2D eigenvalue weighted by molar-refractivity contribution is 4.83. The van der Waals surface area contributed by atoms with Crippen molar-refractivity contribution in [2.75, 3.05) is 26.2 Å². The van der Waals surface area contributed by atoms with Gasteiger partial charge in [-0.05, 0) is 32.4 Å². The van der Waals surface area contributed by atoms with Crippen molar-refractivity contribution in [2.24, 2.45) is 0 Å². The fraction of sp³-hybridized carbons (Fsp3) is 0.857. The molecule has 3 rings (SSSR count). The summed E-state index contributed by atoms with van der Waals surface area (Å²) in [4.78, 5) is 5.15. The predicted molar refractivity (Wildman–Crippen MR) is 72.8 cm³/mol. The zero-order chi connectivity index (χ0) is 13.1. The number of aryl methyl sites for hydroxylation is 1. The van der Waals surface area contributed by atoms with Gasteiger partial charge in [0.15, 0.2) is 0 Å². The summed E-state index contributed by atoms with van der Waals surface area (Å²) in [5.41, 5.74) is 0. The lowest BCUT2D eigenvalue weighted by Gasteiger charge is -2.27. The topological polar surface area (TPSA) is 45.4 Å². The Balaban J connectivity index is 1.52. The quantitative estimate of drug-likeness (QED) is 0.833. The van der Waals surface area contributed by atoms with E-state index in [0.717, 1.165) is 31.6 Å². The third-order valence-electron chi connectivity index (χ3n) is 4.39. The molecule has 0 bridgehead atoms. The minimum absolute atomic E-state index is 0.664. The van der Waals surface area contributed by atoms with Crippen molar-refractivity contribution in [1.82, 2.24) is 20.0 Å². The summed E-state index contributed by atoms with van der Waals surface area (Å²) in [6.07, 6.45) is 6.91. The molecule has 0 spiro atoms. The lowest BCUT2D eigenvalue weighted by Crippen LogP contribution is -2.36. The second-order valence-electron chi connectivity index (χ2n) is 5.82. The number of rotatable bonds is 3. The molecule has 0 amide bonds. The molecule has 2 fully saturated rings. The molecule has 0 aromatic carbocycles. The Bertz CT molecular complexity index is 400. The molecule has 5 nitrogen and oxygen atoms in total. The molecule has 2 heterocycles. The van der Waals surface area contributed by atoms with Crippen molar-refractivity contribution in [2.45, 2.75) is 51.6 Å². The van der Waals surface area contributed by atoms with E-state index in [0.29, 0.717) is 5.89 Å². The fourth-order valence-corrected chi connectivity index (χ4v) is 3.38. The van der Waals surface area contributed by atoms with Gasteiger partial charge in [0.1, 0.15) is 0 Å². The first-order valence-corrected chi connectivity index (χ1v) is 7.56. The lowest BCUT2D eigenvalue weighted by molar-refractivity contribution is 0.194. The van der Waals surface area contributed by atoms with Crippen molar-refractivity contribution >= 4 is 0 Å². The Labute approximate surface area is 115 Å². The molecule has 0 radical (unpaired) electrons. The van der Waals surface area contributed by atoms with Gasteiger partial charge in [-0.3, -0.25) is 9.80 Å². The second kappa shape index (κ2) is 6.01. The van der Waals surface area contributed by atoms with Crippen molar-refractivity contribution in [1.29, 1.82) is 0 Å². The highest BCUT2D eigenvalue weighted by atomic mass is 16.4. The molecule has 0 atom stereocenters. The number of nitrogens with zero attached hydrogens (tertiary/aromatic N) is 4. The van der Waals surface area contributed by atoms with Gasteiger partial charge in [-0.2, -0.15) is 0 Å².